The first-order valence-electron chi connectivity index (χ1n) is 7.51. The summed E-state index contributed by atoms with van der Waals surface area (Å²) < 4.78 is 0. The molecular formula is C15H26N2O2. The van der Waals surface area contributed by atoms with Gasteiger partial charge in [0.1, 0.15) is 12.1 Å². The highest BCUT2D eigenvalue weighted by atomic mass is 16.2. The topological polar surface area (TPSA) is 49.4 Å². The largest absolute Gasteiger partial charge is 0.343 e. The molecule has 0 aromatic heterocycles. The van der Waals surface area contributed by atoms with Gasteiger partial charge in [0.05, 0.1) is 0 Å². The molecule has 19 heavy (non-hydrogen) atoms. The maximum atomic E-state index is 12.4. The molecule has 2 unspecified atom stereocenters. The lowest BCUT2D eigenvalue weighted by molar-refractivity contribution is -0.154. The van der Waals surface area contributed by atoms with Crippen LogP contribution in [0.1, 0.15) is 53.4 Å². The van der Waals surface area contributed by atoms with Gasteiger partial charge in [-0.2, -0.15) is 0 Å². The number of hydrogen-bond donors (Lipinski definition) is 1. The number of piperazine rings is 1. The monoisotopic (exact) mass is 266 g/mol. The van der Waals surface area contributed by atoms with Crippen molar-refractivity contribution < 1.29 is 9.59 Å². The Morgan fingerprint density at radius 2 is 2.00 bits per heavy atom. The van der Waals surface area contributed by atoms with Gasteiger partial charge in [0, 0.05) is 6.54 Å². The van der Waals surface area contributed by atoms with E-state index in [1.54, 1.807) is 6.92 Å². The van der Waals surface area contributed by atoms with Crippen molar-refractivity contribution in [2.45, 2.75) is 65.5 Å². The first kappa shape index (κ1) is 14.4. The first-order chi connectivity index (χ1) is 8.90. The molecule has 108 valence electrons. The molecule has 0 radical (unpaired) electrons. The minimum atomic E-state index is -0.378. The van der Waals surface area contributed by atoms with E-state index in [9.17, 15) is 9.59 Å². The Balaban J connectivity index is 2.21. The van der Waals surface area contributed by atoms with Gasteiger partial charge in [0.15, 0.2) is 0 Å². The maximum Gasteiger partial charge on any atom is 0.245 e. The van der Waals surface area contributed by atoms with Crippen LogP contribution >= 0.6 is 0 Å². The van der Waals surface area contributed by atoms with Crippen LogP contribution in [0, 0.1) is 11.3 Å². The third-order valence-corrected chi connectivity index (χ3v) is 4.92. The van der Waals surface area contributed by atoms with Gasteiger partial charge in [-0.25, -0.2) is 0 Å². The summed E-state index contributed by atoms with van der Waals surface area (Å²) in [6.07, 6.45) is 4.73. The fourth-order valence-corrected chi connectivity index (χ4v) is 3.39. The molecule has 2 fully saturated rings. The number of hydrogen-bond acceptors (Lipinski definition) is 2. The molecular weight excluding hydrogens is 240 g/mol. The molecule has 0 aromatic carbocycles. The van der Waals surface area contributed by atoms with Crippen LogP contribution in [0.4, 0.5) is 0 Å². The fourth-order valence-electron chi connectivity index (χ4n) is 3.39. The Bertz CT molecular complexity index is 369. The van der Waals surface area contributed by atoms with Crippen molar-refractivity contribution in [3.05, 3.63) is 0 Å². The highest BCUT2D eigenvalue weighted by Gasteiger charge is 2.45. The molecule has 2 aliphatic rings. The minimum absolute atomic E-state index is 0.00711. The lowest BCUT2D eigenvalue weighted by Gasteiger charge is -2.49. The Hall–Kier alpha value is -1.06. The molecule has 0 aromatic rings. The molecule has 2 amide bonds. The van der Waals surface area contributed by atoms with Crippen molar-refractivity contribution in [3.8, 4) is 0 Å². The van der Waals surface area contributed by atoms with Gasteiger partial charge in [0.25, 0.3) is 0 Å². The van der Waals surface area contributed by atoms with Crippen LogP contribution in [0.2, 0.25) is 0 Å². The van der Waals surface area contributed by atoms with Gasteiger partial charge in [-0.05, 0) is 37.5 Å². The fraction of sp³-hybridized carbons (Fsp3) is 0.867. The molecule has 0 bridgehead atoms. The van der Waals surface area contributed by atoms with Gasteiger partial charge in [-0.1, -0.05) is 27.2 Å². The molecule has 4 heteroatoms. The summed E-state index contributed by atoms with van der Waals surface area (Å²) in [6.45, 7) is 8.76. The van der Waals surface area contributed by atoms with Crippen molar-refractivity contribution in [2.24, 2.45) is 11.3 Å². The van der Waals surface area contributed by atoms with Crippen molar-refractivity contribution in [3.63, 3.8) is 0 Å². The van der Waals surface area contributed by atoms with E-state index in [1.807, 2.05) is 18.7 Å². The van der Waals surface area contributed by atoms with Crippen molar-refractivity contribution in [2.75, 3.05) is 6.54 Å². The van der Waals surface area contributed by atoms with E-state index in [4.69, 9.17) is 0 Å². The average Bonchev–Trinajstić information content (AvgIpc) is 2.29. The zero-order valence-corrected chi connectivity index (χ0v) is 12.5. The molecule has 1 saturated carbocycles. The maximum absolute atomic E-state index is 12.4. The molecule has 2 rings (SSSR count). The van der Waals surface area contributed by atoms with E-state index < -0.39 is 0 Å². The summed E-state index contributed by atoms with van der Waals surface area (Å²) in [5.74, 6) is 0.246. The van der Waals surface area contributed by atoms with Crippen LogP contribution in [-0.4, -0.2) is 35.3 Å². The van der Waals surface area contributed by atoms with Crippen LogP contribution in [0.5, 0.6) is 0 Å². The summed E-state index contributed by atoms with van der Waals surface area (Å²) in [7, 11) is 0. The minimum Gasteiger partial charge on any atom is -0.343 e. The van der Waals surface area contributed by atoms with E-state index in [2.05, 4.69) is 12.2 Å². The predicted molar refractivity (Wildman–Crippen MR) is 74.5 cm³/mol. The van der Waals surface area contributed by atoms with Gasteiger partial charge in [-0.3, -0.25) is 9.59 Å². The number of carbonyl (C=O) groups excluding carboxylic acids is 2. The van der Waals surface area contributed by atoms with Gasteiger partial charge in [-0.15, -0.1) is 0 Å². The van der Waals surface area contributed by atoms with Crippen LogP contribution in [0.25, 0.3) is 0 Å². The summed E-state index contributed by atoms with van der Waals surface area (Å²) in [4.78, 5) is 26.5. The molecule has 4 nitrogen and oxygen atoms in total. The summed E-state index contributed by atoms with van der Waals surface area (Å²) in [6, 6.07) is -0.677. The number of nitrogens with one attached hydrogen (secondary N) is 1. The third-order valence-electron chi connectivity index (χ3n) is 4.92. The summed E-state index contributed by atoms with van der Waals surface area (Å²) in [5, 5.41) is 2.80. The predicted octanol–water partition coefficient (Wildman–Crippen LogP) is 1.94. The van der Waals surface area contributed by atoms with Crippen LogP contribution in [-0.2, 0) is 9.59 Å². The molecule has 1 aliphatic heterocycles. The first-order valence-corrected chi connectivity index (χ1v) is 7.51. The highest BCUT2D eigenvalue weighted by molar-refractivity contribution is 5.96. The average molecular weight is 266 g/mol. The number of carbonyl (C=O) groups is 2. The van der Waals surface area contributed by atoms with Crippen molar-refractivity contribution >= 4 is 11.8 Å². The second kappa shape index (κ2) is 5.14. The molecule has 1 N–H and O–H groups in total. The Morgan fingerprint density at radius 1 is 1.37 bits per heavy atom. The lowest BCUT2D eigenvalue weighted by Crippen LogP contribution is -2.65. The molecule has 1 heterocycles. The third kappa shape index (κ3) is 2.49. The zero-order valence-electron chi connectivity index (χ0n) is 12.5. The van der Waals surface area contributed by atoms with Gasteiger partial charge in [0.2, 0.25) is 11.8 Å². The Kier molecular flexibility index (Phi) is 3.88. The molecule has 2 atom stereocenters. The number of rotatable bonds is 4. The summed E-state index contributed by atoms with van der Waals surface area (Å²) in [5.41, 5.74) is 0.264. The van der Waals surface area contributed by atoms with Crippen molar-refractivity contribution in [1.82, 2.24) is 10.2 Å². The molecule has 1 aliphatic carbocycles. The van der Waals surface area contributed by atoms with E-state index in [0.717, 1.165) is 13.0 Å². The van der Waals surface area contributed by atoms with Crippen LogP contribution < -0.4 is 5.32 Å². The Morgan fingerprint density at radius 3 is 2.42 bits per heavy atom. The SMILES string of the molecule is CCC1(CN2C(=O)C(C)NC(=O)C2C(C)C)CCC1. The van der Waals surface area contributed by atoms with Crippen molar-refractivity contribution in [1.29, 1.82) is 0 Å². The smallest absolute Gasteiger partial charge is 0.245 e. The van der Waals surface area contributed by atoms with E-state index >= 15 is 0 Å². The second-order valence-electron chi connectivity index (χ2n) is 6.59. The lowest BCUT2D eigenvalue weighted by atomic mass is 9.66. The quantitative estimate of drug-likeness (QED) is 0.845. The molecule has 0 spiro atoms. The second-order valence-corrected chi connectivity index (χ2v) is 6.59. The zero-order chi connectivity index (χ0) is 14.2. The highest BCUT2D eigenvalue weighted by Crippen LogP contribution is 2.45. The van der Waals surface area contributed by atoms with Gasteiger partial charge >= 0.3 is 0 Å². The Labute approximate surface area is 115 Å². The standard InChI is InChI=1S/C15H26N2O2/c1-5-15(7-6-8-15)9-17-12(10(2)3)13(18)16-11(4)14(17)19/h10-12H,5-9H2,1-4H3,(H,16,18). The number of nitrogens with zero attached hydrogens (tertiary/aromatic N) is 1. The summed E-state index contributed by atoms with van der Waals surface area (Å²) >= 11 is 0. The normalized spacial score (nSPS) is 30.3. The molecule has 1 saturated heterocycles. The number of amides is 2. The van der Waals surface area contributed by atoms with Gasteiger partial charge < -0.3 is 10.2 Å². The van der Waals surface area contributed by atoms with E-state index in [0.29, 0.717) is 0 Å². The van der Waals surface area contributed by atoms with Crippen LogP contribution in [0.3, 0.4) is 0 Å². The van der Waals surface area contributed by atoms with E-state index in [-0.39, 0.29) is 35.2 Å². The van der Waals surface area contributed by atoms with E-state index in [1.165, 1.54) is 19.3 Å². The van der Waals surface area contributed by atoms with Crippen LogP contribution in [0.15, 0.2) is 0 Å².